The van der Waals surface area contributed by atoms with E-state index >= 15 is 0 Å². The molecule has 0 aliphatic carbocycles. The molecular formula is C20H32N6. The van der Waals surface area contributed by atoms with Gasteiger partial charge in [0.25, 0.3) is 0 Å². The van der Waals surface area contributed by atoms with E-state index in [1.165, 1.54) is 12.1 Å². The average Bonchev–Trinajstić information content (AvgIpc) is 2.85. The zero-order chi connectivity index (χ0) is 18.5. The lowest BCUT2D eigenvalue weighted by Gasteiger charge is -2.21. The summed E-state index contributed by atoms with van der Waals surface area (Å²) in [6, 6.07) is 4.25. The first-order valence-corrected chi connectivity index (χ1v) is 9.90. The fourth-order valence-corrected chi connectivity index (χ4v) is 3.58. The van der Waals surface area contributed by atoms with Crippen molar-refractivity contribution in [2.45, 2.75) is 66.6 Å². The van der Waals surface area contributed by atoms with Gasteiger partial charge in [-0.2, -0.15) is 5.10 Å². The van der Waals surface area contributed by atoms with Crippen molar-refractivity contribution in [3.05, 3.63) is 35.0 Å². The predicted molar refractivity (Wildman–Crippen MR) is 105 cm³/mol. The third-order valence-electron chi connectivity index (χ3n) is 4.59. The van der Waals surface area contributed by atoms with Crippen molar-refractivity contribution in [3.63, 3.8) is 0 Å². The first-order valence-electron chi connectivity index (χ1n) is 9.90. The van der Waals surface area contributed by atoms with Gasteiger partial charge in [0.15, 0.2) is 0 Å². The van der Waals surface area contributed by atoms with E-state index < -0.39 is 0 Å². The van der Waals surface area contributed by atoms with Gasteiger partial charge < -0.3 is 5.32 Å². The van der Waals surface area contributed by atoms with Gasteiger partial charge in [-0.05, 0) is 31.7 Å². The van der Waals surface area contributed by atoms with Crippen molar-refractivity contribution < 1.29 is 0 Å². The summed E-state index contributed by atoms with van der Waals surface area (Å²) in [4.78, 5) is 11.7. The Balaban J connectivity index is 1.65. The van der Waals surface area contributed by atoms with E-state index in [0.717, 1.165) is 62.1 Å². The highest BCUT2D eigenvalue weighted by atomic mass is 15.3. The highest BCUT2D eigenvalue weighted by Gasteiger charge is 2.17. The molecular weight excluding hydrogens is 324 g/mol. The zero-order valence-electron chi connectivity index (χ0n) is 16.6. The molecule has 3 rings (SSSR count). The van der Waals surface area contributed by atoms with Crippen LogP contribution in [0.1, 0.15) is 56.5 Å². The summed E-state index contributed by atoms with van der Waals surface area (Å²) >= 11 is 0. The Labute approximate surface area is 157 Å². The molecule has 3 heterocycles. The van der Waals surface area contributed by atoms with Gasteiger partial charge in [-0.1, -0.05) is 20.8 Å². The third kappa shape index (κ3) is 5.04. The monoisotopic (exact) mass is 356 g/mol. The summed E-state index contributed by atoms with van der Waals surface area (Å²) in [5, 5.41) is 8.23. The molecule has 0 saturated heterocycles. The Morgan fingerprint density at radius 1 is 1.19 bits per heavy atom. The Bertz CT molecular complexity index is 721. The molecule has 0 saturated carbocycles. The minimum atomic E-state index is 0.698. The smallest absolute Gasteiger partial charge is 0.130 e. The lowest BCUT2D eigenvalue weighted by atomic mass is 10.2. The minimum Gasteiger partial charge on any atom is -0.364 e. The molecule has 1 aliphatic rings. The minimum absolute atomic E-state index is 0.698. The Morgan fingerprint density at radius 2 is 2.04 bits per heavy atom. The highest BCUT2D eigenvalue weighted by Crippen LogP contribution is 2.16. The maximum absolute atomic E-state index is 4.80. The van der Waals surface area contributed by atoms with Gasteiger partial charge in [-0.3, -0.25) is 9.58 Å². The van der Waals surface area contributed by atoms with Crippen LogP contribution in [0.4, 0.5) is 5.82 Å². The SMILES string of the molecule is CCCc1nc(C)cc(NCc2cc3n(n2)CCCN(CC(C)C)C3)n1. The molecule has 1 aliphatic heterocycles. The van der Waals surface area contributed by atoms with Gasteiger partial charge in [0.2, 0.25) is 0 Å². The van der Waals surface area contributed by atoms with Crippen molar-refractivity contribution in [2.24, 2.45) is 5.92 Å². The molecule has 2 aromatic heterocycles. The van der Waals surface area contributed by atoms with E-state index in [4.69, 9.17) is 5.10 Å². The van der Waals surface area contributed by atoms with Crippen LogP contribution in [0.5, 0.6) is 0 Å². The van der Waals surface area contributed by atoms with Crippen molar-refractivity contribution in [1.29, 1.82) is 0 Å². The van der Waals surface area contributed by atoms with E-state index in [-0.39, 0.29) is 0 Å². The number of hydrogen-bond acceptors (Lipinski definition) is 5. The summed E-state index contributed by atoms with van der Waals surface area (Å²) in [6.45, 7) is 13.8. The quantitative estimate of drug-likeness (QED) is 0.824. The van der Waals surface area contributed by atoms with E-state index in [9.17, 15) is 0 Å². The lowest BCUT2D eigenvalue weighted by molar-refractivity contribution is 0.239. The molecule has 0 fully saturated rings. The number of nitrogens with one attached hydrogen (secondary N) is 1. The number of fused-ring (bicyclic) bond motifs is 1. The number of aromatic nitrogens is 4. The molecule has 6 nitrogen and oxygen atoms in total. The number of rotatable bonds is 7. The van der Waals surface area contributed by atoms with Crippen molar-refractivity contribution in [1.82, 2.24) is 24.6 Å². The summed E-state index contributed by atoms with van der Waals surface area (Å²) in [6.07, 6.45) is 3.14. The Kier molecular flexibility index (Phi) is 6.25. The van der Waals surface area contributed by atoms with Gasteiger partial charge in [0.05, 0.1) is 17.9 Å². The van der Waals surface area contributed by atoms with Crippen molar-refractivity contribution in [2.75, 3.05) is 18.4 Å². The first-order chi connectivity index (χ1) is 12.5. The molecule has 0 radical (unpaired) electrons. The fraction of sp³-hybridized carbons (Fsp3) is 0.650. The van der Waals surface area contributed by atoms with Crippen LogP contribution in [-0.2, 0) is 26.1 Å². The standard InChI is InChI=1S/C20H32N6/c1-5-7-19-22-16(4)10-20(23-19)21-12-17-11-18-14-25(13-15(2)3)8-6-9-26(18)24-17/h10-11,15H,5-9,12-14H2,1-4H3,(H,21,22,23). The number of nitrogens with zero attached hydrogens (tertiary/aromatic N) is 5. The molecule has 26 heavy (non-hydrogen) atoms. The van der Waals surface area contributed by atoms with Crippen molar-refractivity contribution in [3.8, 4) is 0 Å². The van der Waals surface area contributed by atoms with E-state index in [1.807, 2.05) is 13.0 Å². The molecule has 0 unspecified atom stereocenters. The maximum Gasteiger partial charge on any atom is 0.130 e. The van der Waals surface area contributed by atoms with Crippen molar-refractivity contribution >= 4 is 5.82 Å². The second-order valence-electron chi connectivity index (χ2n) is 7.75. The zero-order valence-corrected chi connectivity index (χ0v) is 16.6. The van der Waals surface area contributed by atoms with Gasteiger partial charge in [0.1, 0.15) is 11.6 Å². The molecule has 0 spiro atoms. The molecule has 0 aromatic carbocycles. The van der Waals surface area contributed by atoms with E-state index in [0.29, 0.717) is 12.5 Å². The molecule has 142 valence electrons. The number of aryl methyl sites for hydroxylation is 3. The van der Waals surface area contributed by atoms with Crippen LogP contribution in [0.15, 0.2) is 12.1 Å². The molecule has 0 bridgehead atoms. The topological polar surface area (TPSA) is 58.9 Å². The second-order valence-corrected chi connectivity index (χ2v) is 7.75. The van der Waals surface area contributed by atoms with Crippen LogP contribution in [-0.4, -0.2) is 37.7 Å². The molecule has 2 aromatic rings. The number of hydrogen-bond donors (Lipinski definition) is 1. The fourth-order valence-electron chi connectivity index (χ4n) is 3.58. The van der Waals surface area contributed by atoms with Gasteiger partial charge in [0, 0.05) is 44.4 Å². The molecule has 6 heteroatoms. The third-order valence-corrected chi connectivity index (χ3v) is 4.59. The molecule has 0 amide bonds. The van der Waals surface area contributed by atoms with Crippen LogP contribution < -0.4 is 5.32 Å². The summed E-state index contributed by atoms with van der Waals surface area (Å²) in [7, 11) is 0. The average molecular weight is 357 g/mol. The molecule has 1 N–H and O–H groups in total. The van der Waals surface area contributed by atoms with Crippen LogP contribution in [0, 0.1) is 12.8 Å². The summed E-state index contributed by atoms with van der Waals surface area (Å²) < 4.78 is 2.19. The normalized spacial score (nSPS) is 15.1. The molecule has 0 atom stereocenters. The van der Waals surface area contributed by atoms with E-state index in [1.54, 1.807) is 0 Å². The Hall–Kier alpha value is -1.95. The second kappa shape index (κ2) is 8.62. The van der Waals surface area contributed by atoms with Crippen LogP contribution >= 0.6 is 0 Å². The first kappa shape index (κ1) is 18.8. The van der Waals surface area contributed by atoms with Gasteiger partial charge >= 0.3 is 0 Å². The van der Waals surface area contributed by atoms with Crippen LogP contribution in [0.3, 0.4) is 0 Å². The van der Waals surface area contributed by atoms with E-state index in [2.05, 4.69) is 51.7 Å². The lowest BCUT2D eigenvalue weighted by Crippen LogP contribution is -2.27. The van der Waals surface area contributed by atoms with Crippen LogP contribution in [0.25, 0.3) is 0 Å². The van der Waals surface area contributed by atoms with Crippen LogP contribution in [0.2, 0.25) is 0 Å². The highest BCUT2D eigenvalue weighted by molar-refractivity contribution is 5.36. The Morgan fingerprint density at radius 3 is 2.81 bits per heavy atom. The predicted octanol–water partition coefficient (Wildman–Crippen LogP) is 3.41. The number of anilines is 1. The largest absolute Gasteiger partial charge is 0.364 e. The van der Waals surface area contributed by atoms with Gasteiger partial charge in [-0.25, -0.2) is 9.97 Å². The maximum atomic E-state index is 4.80. The summed E-state index contributed by atoms with van der Waals surface area (Å²) in [5.41, 5.74) is 3.42. The summed E-state index contributed by atoms with van der Waals surface area (Å²) in [5.74, 6) is 2.51. The van der Waals surface area contributed by atoms with Gasteiger partial charge in [-0.15, -0.1) is 0 Å².